The van der Waals surface area contributed by atoms with Gasteiger partial charge in [0.2, 0.25) is 10.0 Å². The van der Waals surface area contributed by atoms with Crippen molar-refractivity contribution >= 4 is 27.3 Å². The van der Waals surface area contributed by atoms with E-state index in [1.807, 2.05) is 0 Å². The van der Waals surface area contributed by atoms with Crippen LogP contribution in [-0.4, -0.2) is 18.7 Å². The first-order valence-corrected chi connectivity index (χ1v) is 5.90. The molecule has 7 heteroatoms. The number of hydrogen-bond acceptors (Lipinski definition) is 4. The molecule has 0 bridgehead atoms. The Morgan fingerprint density at radius 2 is 2.33 bits per heavy atom. The Morgan fingerprint density at radius 3 is 2.87 bits per heavy atom. The highest BCUT2D eigenvalue weighted by molar-refractivity contribution is 7.93. The van der Waals surface area contributed by atoms with Crippen LogP contribution in [0.25, 0.3) is 0 Å². The Bertz CT molecular complexity index is 495. The van der Waals surface area contributed by atoms with Crippen molar-refractivity contribution in [3.8, 4) is 6.07 Å². The highest BCUT2D eigenvalue weighted by Crippen LogP contribution is 2.21. The normalized spacial score (nSPS) is 12.9. The molecule has 1 N–H and O–H groups in total. The van der Waals surface area contributed by atoms with Crippen molar-refractivity contribution in [2.75, 3.05) is 4.72 Å². The maximum absolute atomic E-state index is 11.5. The molecule has 0 aliphatic carbocycles. The lowest BCUT2D eigenvalue weighted by molar-refractivity contribution is 0.597. The zero-order valence-corrected chi connectivity index (χ0v) is 9.38. The van der Waals surface area contributed by atoms with Crippen molar-refractivity contribution in [2.45, 2.75) is 12.2 Å². The summed E-state index contributed by atoms with van der Waals surface area (Å²) in [6, 6.07) is 3.09. The van der Waals surface area contributed by atoms with E-state index in [2.05, 4.69) is 9.71 Å². The van der Waals surface area contributed by atoms with E-state index < -0.39 is 15.3 Å². The zero-order chi connectivity index (χ0) is 11.5. The quantitative estimate of drug-likeness (QED) is 0.872. The van der Waals surface area contributed by atoms with Gasteiger partial charge in [-0.1, -0.05) is 11.6 Å². The maximum Gasteiger partial charge on any atom is 0.248 e. The highest BCUT2D eigenvalue weighted by Gasteiger charge is 2.20. The molecule has 0 saturated heterocycles. The first-order chi connectivity index (χ1) is 6.97. The number of halogens is 1. The summed E-state index contributed by atoms with van der Waals surface area (Å²) < 4.78 is 25.1. The number of rotatable bonds is 3. The second kappa shape index (κ2) is 4.47. The fourth-order valence-electron chi connectivity index (χ4n) is 0.764. The second-order valence-electron chi connectivity index (χ2n) is 2.77. The second-order valence-corrected chi connectivity index (χ2v) is 5.18. The van der Waals surface area contributed by atoms with Crippen LogP contribution in [-0.2, 0) is 10.0 Å². The van der Waals surface area contributed by atoms with Crippen LogP contribution in [0.4, 0.5) is 5.69 Å². The van der Waals surface area contributed by atoms with Gasteiger partial charge in [-0.15, -0.1) is 0 Å². The van der Waals surface area contributed by atoms with Gasteiger partial charge < -0.3 is 0 Å². The van der Waals surface area contributed by atoms with E-state index in [9.17, 15) is 8.42 Å². The Kier molecular flexibility index (Phi) is 3.50. The molecule has 0 aromatic carbocycles. The van der Waals surface area contributed by atoms with Crippen molar-refractivity contribution in [1.29, 1.82) is 5.26 Å². The summed E-state index contributed by atoms with van der Waals surface area (Å²) in [6.45, 7) is 1.28. The monoisotopic (exact) mass is 245 g/mol. The third kappa shape index (κ3) is 2.81. The molecule has 5 nitrogen and oxygen atoms in total. The van der Waals surface area contributed by atoms with Crippen molar-refractivity contribution in [1.82, 2.24) is 4.98 Å². The van der Waals surface area contributed by atoms with Gasteiger partial charge >= 0.3 is 0 Å². The number of nitrogens with zero attached hydrogens (tertiary/aromatic N) is 2. The summed E-state index contributed by atoms with van der Waals surface area (Å²) in [5.41, 5.74) is 0.168. The molecule has 0 saturated carbocycles. The number of anilines is 1. The highest BCUT2D eigenvalue weighted by atomic mass is 35.5. The van der Waals surface area contributed by atoms with Crippen molar-refractivity contribution in [3.05, 3.63) is 23.5 Å². The maximum atomic E-state index is 11.5. The van der Waals surface area contributed by atoms with Crippen molar-refractivity contribution < 1.29 is 8.42 Å². The molecule has 0 aliphatic rings. The van der Waals surface area contributed by atoms with E-state index in [1.54, 1.807) is 6.07 Å². The predicted octanol–water partition coefficient (Wildman–Crippen LogP) is 1.39. The van der Waals surface area contributed by atoms with Gasteiger partial charge in [-0.2, -0.15) is 5.26 Å². The Morgan fingerprint density at radius 1 is 1.67 bits per heavy atom. The minimum Gasteiger partial charge on any atom is -0.279 e. The van der Waals surface area contributed by atoms with Gasteiger partial charge in [0.15, 0.2) is 5.25 Å². The van der Waals surface area contributed by atoms with Gasteiger partial charge in [0.1, 0.15) is 0 Å². The molecule has 0 fully saturated rings. The van der Waals surface area contributed by atoms with E-state index in [-0.39, 0.29) is 10.7 Å². The minimum atomic E-state index is -3.72. The van der Waals surface area contributed by atoms with E-state index in [0.717, 1.165) is 0 Å². The van der Waals surface area contributed by atoms with Gasteiger partial charge in [0, 0.05) is 6.20 Å². The van der Waals surface area contributed by atoms with Crippen LogP contribution in [0.15, 0.2) is 18.5 Å². The summed E-state index contributed by atoms with van der Waals surface area (Å²) in [5, 5.41) is 7.59. The predicted molar refractivity (Wildman–Crippen MR) is 56.9 cm³/mol. The van der Waals surface area contributed by atoms with E-state index in [4.69, 9.17) is 16.9 Å². The zero-order valence-electron chi connectivity index (χ0n) is 7.81. The molecule has 0 spiro atoms. The lowest BCUT2D eigenvalue weighted by atomic mass is 10.4. The van der Waals surface area contributed by atoms with Crippen molar-refractivity contribution in [3.63, 3.8) is 0 Å². The fourth-order valence-corrected chi connectivity index (χ4v) is 1.76. The molecule has 80 valence electrons. The molecule has 0 amide bonds. The van der Waals surface area contributed by atoms with E-state index in [0.29, 0.717) is 0 Å². The summed E-state index contributed by atoms with van der Waals surface area (Å²) in [5.74, 6) is 0. The molecule has 15 heavy (non-hydrogen) atoms. The number of sulfonamides is 1. The van der Waals surface area contributed by atoms with Crippen LogP contribution in [0.1, 0.15) is 6.92 Å². The number of aromatic nitrogens is 1. The molecule has 0 radical (unpaired) electrons. The molecule has 1 unspecified atom stereocenters. The topological polar surface area (TPSA) is 82.8 Å². The van der Waals surface area contributed by atoms with Gasteiger partial charge in [-0.05, 0) is 13.0 Å². The molecule has 1 aromatic rings. The summed E-state index contributed by atoms with van der Waals surface area (Å²) in [4.78, 5) is 3.72. The third-order valence-electron chi connectivity index (χ3n) is 1.67. The molecule has 1 atom stereocenters. The SMILES string of the molecule is CC(C#N)S(=O)(=O)Nc1cnccc1Cl. The lowest BCUT2D eigenvalue weighted by Gasteiger charge is -2.09. The minimum absolute atomic E-state index is 0.168. The molecule has 0 aliphatic heterocycles. The summed E-state index contributed by atoms with van der Waals surface area (Å²) in [6.07, 6.45) is 2.72. The van der Waals surface area contributed by atoms with Gasteiger partial charge in [0.25, 0.3) is 0 Å². The van der Waals surface area contributed by atoms with Crippen LogP contribution in [0, 0.1) is 11.3 Å². The number of nitrogens with one attached hydrogen (secondary N) is 1. The van der Waals surface area contributed by atoms with Crippen LogP contribution < -0.4 is 4.72 Å². The Hall–Kier alpha value is -1.32. The molecule has 1 heterocycles. The van der Waals surface area contributed by atoms with Gasteiger partial charge in [-0.3, -0.25) is 9.71 Å². The van der Waals surface area contributed by atoms with Gasteiger partial charge in [0.05, 0.1) is 23.0 Å². The largest absolute Gasteiger partial charge is 0.279 e. The smallest absolute Gasteiger partial charge is 0.248 e. The standard InChI is InChI=1S/C8H8ClN3O2S/c1-6(4-10)15(13,14)12-8-5-11-3-2-7(8)9/h2-3,5-6,12H,1H3. The molecular weight excluding hydrogens is 238 g/mol. The molecular formula is C8H8ClN3O2S. The summed E-state index contributed by atoms with van der Waals surface area (Å²) >= 11 is 5.73. The summed E-state index contributed by atoms with van der Waals surface area (Å²) in [7, 11) is -3.72. The van der Waals surface area contributed by atoms with Crippen LogP contribution in [0.2, 0.25) is 5.02 Å². The molecule has 1 aromatic heterocycles. The van der Waals surface area contributed by atoms with E-state index >= 15 is 0 Å². The fraction of sp³-hybridized carbons (Fsp3) is 0.250. The number of hydrogen-bond donors (Lipinski definition) is 1. The lowest BCUT2D eigenvalue weighted by Crippen LogP contribution is -2.24. The number of nitriles is 1. The first-order valence-electron chi connectivity index (χ1n) is 3.98. The Labute approximate surface area is 92.8 Å². The molecule has 1 rings (SSSR count). The van der Waals surface area contributed by atoms with Crippen LogP contribution >= 0.6 is 11.6 Å². The average molecular weight is 246 g/mol. The third-order valence-corrected chi connectivity index (χ3v) is 3.54. The van der Waals surface area contributed by atoms with Gasteiger partial charge in [-0.25, -0.2) is 8.42 Å². The number of pyridine rings is 1. The van der Waals surface area contributed by atoms with E-state index in [1.165, 1.54) is 25.4 Å². The first kappa shape index (κ1) is 11.8. The Balaban J connectivity index is 2.98. The average Bonchev–Trinajstić information content (AvgIpc) is 2.20. The van der Waals surface area contributed by atoms with Crippen molar-refractivity contribution in [2.24, 2.45) is 0 Å². The van der Waals surface area contributed by atoms with Crippen LogP contribution in [0.3, 0.4) is 0 Å². The van der Waals surface area contributed by atoms with Crippen LogP contribution in [0.5, 0.6) is 0 Å².